The number of carbonyl (C=O) groups excluding carboxylic acids is 1. The quantitative estimate of drug-likeness (QED) is 0.313. The predicted octanol–water partition coefficient (Wildman–Crippen LogP) is 4.25. The lowest BCUT2D eigenvalue weighted by Crippen LogP contribution is -2.69. The van der Waals surface area contributed by atoms with Crippen LogP contribution in [0, 0.1) is 0 Å². The number of fused-ring (bicyclic) bond motifs is 1. The molecule has 2 fully saturated rings. The maximum Gasteiger partial charge on any atom is 0.471 e. The van der Waals surface area contributed by atoms with Crippen LogP contribution in [-0.4, -0.2) is 68.3 Å². The van der Waals surface area contributed by atoms with Crippen LogP contribution in [0.4, 0.5) is 13.2 Å². The molecule has 10 heteroatoms. The molecular formula is C23H38F3NO6. The molecule has 0 aromatic carbocycles. The van der Waals surface area contributed by atoms with E-state index in [2.05, 4.69) is 13.5 Å². The van der Waals surface area contributed by atoms with Gasteiger partial charge in [-0.3, -0.25) is 4.79 Å². The Balaban J connectivity index is 2.11. The van der Waals surface area contributed by atoms with Crippen LogP contribution >= 0.6 is 0 Å². The van der Waals surface area contributed by atoms with E-state index in [1.54, 1.807) is 13.8 Å². The molecule has 7 nitrogen and oxygen atoms in total. The number of hydrogen-bond donors (Lipinski definition) is 1. The number of rotatable bonds is 13. The maximum atomic E-state index is 13.0. The zero-order valence-corrected chi connectivity index (χ0v) is 19.8. The minimum atomic E-state index is -5.06. The maximum absolute atomic E-state index is 13.0. The molecule has 192 valence electrons. The van der Waals surface area contributed by atoms with Crippen molar-refractivity contribution >= 4 is 5.91 Å². The van der Waals surface area contributed by atoms with Gasteiger partial charge in [0.1, 0.15) is 24.4 Å². The van der Waals surface area contributed by atoms with E-state index in [0.29, 0.717) is 6.61 Å². The van der Waals surface area contributed by atoms with E-state index < -0.39 is 48.5 Å². The topological polar surface area (TPSA) is 75.2 Å². The zero-order valence-electron chi connectivity index (χ0n) is 19.8. The molecular weight excluding hydrogens is 443 g/mol. The van der Waals surface area contributed by atoms with Gasteiger partial charge in [0.25, 0.3) is 0 Å². The Morgan fingerprint density at radius 1 is 1.15 bits per heavy atom. The molecule has 1 unspecified atom stereocenters. The van der Waals surface area contributed by atoms with E-state index in [4.69, 9.17) is 23.7 Å². The van der Waals surface area contributed by atoms with Crippen LogP contribution in [0.3, 0.4) is 0 Å². The number of alkyl halides is 3. The standard InChI is InChI=1S/C23H38F3NO6/c1-5-7-8-9-10-11-12-14-29-19-17(27-21(28)23(24,25)26)20(30-13-6-2)32-16-15-31-22(3,4)33-18(16)19/h6,16-20H,2,5,7-15H2,1,3-4H3,(H,27,28)/t16-,17-,18-,19?,20+/m1/s1. The average Bonchev–Trinajstić information content (AvgIpc) is 2.74. The second-order valence-corrected chi connectivity index (χ2v) is 8.91. The Bertz CT molecular complexity index is 615. The Labute approximate surface area is 194 Å². The molecule has 2 heterocycles. The lowest BCUT2D eigenvalue weighted by atomic mass is 9.94. The number of ether oxygens (including phenoxy) is 5. The van der Waals surface area contributed by atoms with Crippen molar-refractivity contribution in [3.8, 4) is 0 Å². The van der Waals surface area contributed by atoms with Crippen LogP contribution in [0.15, 0.2) is 12.7 Å². The summed E-state index contributed by atoms with van der Waals surface area (Å²) in [5.74, 6) is -3.06. The second-order valence-electron chi connectivity index (χ2n) is 8.91. The summed E-state index contributed by atoms with van der Waals surface area (Å²) in [6.07, 6.45) is 0.443. The molecule has 2 saturated heterocycles. The third-order valence-electron chi connectivity index (χ3n) is 5.65. The fourth-order valence-corrected chi connectivity index (χ4v) is 3.99. The molecule has 2 aliphatic heterocycles. The summed E-state index contributed by atoms with van der Waals surface area (Å²) in [5.41, 5.74) is 0. The van der Waals surface area contributed by atoms with E-state index in [1.807, 2.05) is 5.32 Å². The fourth-order valence-electron chi connectivity index (χ4n) is 3.99. The molecule has 0 aromatic rings. The smallest absolute Gasteiger partial charge is 0.373 e. The summed E-state index contributed by atoms with van der Waals surface area (Å²) in [4.78, 5) is 11.8. The highest BCUT2D eigenvalue weighted by molar-refractivity contribution is 5.82. The Kier molecular flexibility index (Phi) is 11.1. The van der Waals surface area contributed by atoms with Gasteiger partial charge in [-0.2, -0.15) is 13.2 Å². The van der Waals surface area contributed by atoms with Crippen molar-refractivity contribution in [2.24, 2.45) is 0 Å². The minimum absolute atomic E-state index is 0.0259. The van der Waals surface area contributed by atoms with Crippen molar-refractivity contribution in [2.75, 3.05) is 19.8 Å². The number of nitrogens with one attached hydrogen (secondary N) is 1. The summed E-state index contributed by atoms with van der Waals surface area (Å²) in [5, 5.41) is 2.01. The van der Waals surface area contributed by atoms with Crippen molar-refractivity contribution in [2.45, 2.75) is 108 Å². The fraction of sp³-hybridized carbons (Fsp3) is 0.870. The molecule has 0 bridgehead atoms. The van der Waals surface area contributed by atoms with Crippen LogP contribution in [0.5, 0.6) is 0 Å². The molecule has 1 N–H and O–H groups in total. The molecule has 5 atom stereocenters. The number of hydrogen-bond acceptors (Lipinski definition) is 6. The second kappa shape index (κ2) is 13.0. The summed E-state index contributed by atoms with van der Waals surface area (Å²) in [6, 6.07) is -1.22. The highest BCUT2D eigenvalue weighted by Gasteiger charge is 2.54. The number of carbonyl (C=O) groups is 1. The van der Waals surface area contributed by atoms with E-state index in [0.717, 1.165) is 25.7 Å². The summed E-state index contributed by atoms with van der Waals surface area (Å²) < 4.78 is 68.2. The van der Waals surface area contributed by atoms with Gasteiger partial charge in [0, 0.05) is 6.61 Å². The Hall–Kier alpha value is -1.20. The summed E-state index contributed by atoms with van der Waals surface area (Å²) >= 11 is 0. The zero-order chi connectivity index (χ0) is 24.5. The van der Waals surface area contributed by atoms with Crippen LogP contribution in [0.25, 0.3) is 0 Å². The highest BCUT2D eigenvalue weighted by atomic mass is 19.4. The predicted molar refractivity (Wildman–Crippen MR) is 115 cm³/mol. The number of halogens is 3. The molecule has 0 spiro atoms. The van der Waals surface area contributed by atoms with Gasteiger partial charge in [0.2, 0.25) is 0 Å². The van der Waals surface area contributed by atoms with E-state index in [9.17, 15) is 18.0 Å². The first-order valence-electron chi connectivity index (χ1n) is 11.8. The lowest BCUT2D eigenvalue weighted by Gasteiger charge is -2.51. The highest BCUT2D eigenvalue weighted by Crippen LogP contribution is 2.35. The van der Waals surface area contributed by atoms with Gasteiger partial charge in [-0.15, -0.1) is 6.58 Å². The van der Waals surface area contributed by atoms with Gasteiger partial charge in [-0.05, 0) is 20.3 Å². The largest absolute Gasteiger partial charge is 0.471 e. The van der Waals surface area contributed by atoms with Gasteiger partial charge in [-0.25, -0.2) is 0 Å². The lowest BCUT2D eigenvalue weighted by molar-refractivity contribution is -0.371. The molecule has 0 radical (unpaired) electrons. The Morgan fingerprint density at radius 2 is 1.82 bits per heavy atom. The van der Waals surface area contributed by atoms with Crippen molar-refractivity contribution in [1.29, 1.82) is 0 Å². The van der Waals surface area contributed by atoms with Crippen molar-refractivity contribution in [1.82, 2.24) is 5.32 Å². The van der Waals surface area contributed by atoms with Gasteiger partial charge in [-0.1, -0.05) is 51.5 Å². The molecule has 33 heavy (non-hydrogen) atoms. The van der Waals surface area contributed by atoms with Gasteiger partial charge in [0.05, 0.1) is 13.2 Å². The summed E-state index contributed by atoms with van der Waals surface area (Å²) in [6.45, 7) is 9.64. The molecule has 1 amide bonds. The van der Waals surface area contributed by atoms with Gasteiger partial charge < -0.3 is 29.0 Å². The molecule has 0 aromatic heterocycles. The third kappa shape index (κ3) is 8.83. The van der Waals surface area contributed by atoms with E-state index in [-0.39, 0.29) is 13.2 Å². The third-order valence-corrected chi connectivity index (χ3v) is 5.65. The monoisotopic (exact) mass is 481 g/mol. The van der Waals surface area contributed by atoms with Crippen molar-refractivity contribution in [3.05, 3.63) is 12.7 Å². The normalized spacial score (nSPS) is 29.3. The molecule has 0 saturated carbocycles. The number of unbranched alkanes of at least 4 members (excludes halogenated alkanes) is 6. The van der Waals surface area contributed by atoms with Crippen molar-refractivity contribution < 1.29 is 41.7 Å². The van der Waals surface area contributed by atoms with E-state index in [1.165, 1.54) is 25.3 Å². The van der Waals surface area contributed by atoms with Crippen LogP contribution in [0.1, 0.15) is 65.7 Å². The number of amides is 1. The van der Waals surface area contributed by atoms with Gasteiger partial charge >= 0.3 is 12.1 Å². The molecule has 2 aliphatic rings. The SMILES string of the molecule is C=CCO[C@H]1O[C@@H]2COC(C)(C)O[C@H]2C(OCCCCCCCCC)[C@H]1NC(=O)C(F)(F)F. The minimum Gasteiger partial charge on any atom is -0.373 e. The first-order valence-corrected chi connectivity index (χ1v) is 11.8. The average molecular weight is 482 g/mol. The van der Waals surface area contributed by atoms with Crippen LogP contribution in [0.2, 0.25) is 0 Å². The Morgan fingerprint density at radius 3 is 2.45 bits per heavy atom. The summed E-state index contributed by atoms with van der Waals surface area (Å²) in [7, 11) is 0. The first kappa shape index (κ1) is 28.0. The molecule has 2 rings (SSSR count). The van der Waals surface area contributed by atoms with Crippen LogP contribution in [-0.2, 0) is 28.5 Å². The van der Waals surface area contributed by atoms with Crippen molar-refractivity contribution in [3.63, 3.8) is 0 Å². The van der Waals surface area contributed by atoms with E-state index >= 15 is 0 Å². The molecule has 0 aliphatic carbocycles. The first-order chi connectivity index (χ1) is 15.6. The van der Waals surface area contributed by atoms with Crippen LogP contribution < -0.4 is 5.32 Å². The van der Waals surface area contributed by atoms with Gasteiger partial charge in [0.15, 0.2) is 12.1 Å².